The van der Waals surface area contributed by atoms with Gasteiger partial charge in [0.05, 0.1) is 7.92 Å². The molecular formula is C50H34P+. The monoisotopic (exact) mass is 665 g/mol. The van der Waals surface area contributed by atoms with Crippen LogP contribution >= 0.6 is 7.92 Å². The Morgan fingerprint density at radius 1 is 0.255 bits per heavy atom. The lowest BCUT2D eigenvalue weighted by atomic mass is 9.94. The maximum absolute atomic E-state index is 2.41. The van der Waals surface area contributed by atoms with Gasteiger partial charge in [0.25, 0.3) is 0 Å². The summed E-state index contributed by atoms with van der Waals surface area (Å²) in [6.45, 7) is 0. The Hall–Kier alpha value is -6.07. The molecule has 1 heteroatoms. The van der Waals surface area contributed by atoms with Gasteiger partial charge in [-0.15, -0.1) is 0 Å². The van der Waals surface area contributed by atoms with E-state index in [1.165, 1.54) is 93.1 Å². The third-order valence-electron chi connectivity index (χ3n) is 10.5. The van der Waals surface area contributed by atoms with Crippen molar-refractivity contribution in [1.29, 1.82) is 0 Å². The van der Waals surface area contributed by atoms with Crippen LogP contribution in [-0.4, -0.2) is 0 Å². The molecule has 0 N–H and O–H groups in total. The maximum atomic E-state index is 2.41. The van der Waals surface area contributed by atoms with Gasteiger partial charge < -0.3 is 0 Å². The SMILES string of the molecule is c1ccc(-c2cccc([PH+](c3ccc(-c4ccc5cc6c7c(cccc7c5c4)-c4ccccc4-6)cc3)c3cccc(-c4ccccc4)c3)c2)cc1. The van der Waals surface area contributed by atoms with Gasteiger partial charge in [-0.3, -0.25) is 0 Å². The smallest absolute Gasteiger partial charge is 0.0622 e. The molecule has 0 amide bonds. The molecule has 0 fully saturated rings. The standard InChI is InChI=1S/C50H33P/c1-3-12-34(13-4-1)37-16-9-18-42(30-37)51(43-19-10-17-38(31-43)35-14-5-2-6-15-35)41-28-26-36(27-29-41)39-24-25-40-33-49-45-21-8-7-20-44(45)46-22-11-23-47(50(46)49)48(40)32-39/h1-33H/p+1. The first-order valence-electron chi connectivity index (χ1n) is 17.7. The van der Waals surface area contributed by atoms with E-state index in [-0.39, 0.29) is 0 Å². The van der Waals surface area contributed by atoms with Crippen molar-refractivity contribution in [3.8, 4) is 55.6 Å². The minimum absolute atomic E-state index is 1.24. The van der Waals surface area contributed by atoms with E-state index in [0.29, 0.717) is 0 Å². The Kier molecular flexibility index (Phi) is 7.23. The molecule has 0 atom stereocenters. The molecule has 0 unspecified atom stereocenters. The van der Waals surface area contributed by atoms with Crippen LogP contribution in [0.1, 0.15) is 0 Å². The van der Waals surface area contributed by atoms with Crippen molar-refractivity contribution >= 4 is 45.4 Å². The molecule has 0 aliphatic heterocycles. The summed E-state index contributed by atoms with van der Waals surface area (Å²) >= 11 is 0. The minimum atomic E-state index is -1.32. The van der Waals surface area contributed by atoms with Crippen LogP contribution in [0.4, 0.5) is 0 Å². The molecule has 10 rings (SSSR count). The highest BCUT2D eigenvalue weighted by molar-refractivity contribution is 7.79. The third kappa shape index (κ3) is 5.20. The molecule has 51 heavy (non-hydrogen) atoms. The number of fused-ring (bicyclic) bond motifs is 5. The zero-order valence-corrected chi connectivity index (χ0v) is 29.1. The number of hydrogen-bond acceptors (Lipinski definition) is 0. The van der Waals surface area contributed by atoms with Gasteiger partial charge in [0.1, 0.15) is 15.9 Å². The normalized spacial score (nSPS) is 11.7. The van der Waals surface area contributed by atoms with Crippen LogP contribution in [0.2, 0.25) is 0 Å². The molecule has 238 valence electrons. The van der Waals surface area contributed by atoms with E-state index in [9.17, 15) is 0 Å². The third-order valence-corrected chi connectivity index (χ3v) is 13.2. The molecule has 0 spiro atoms. The summed E-state index contributed by atoms with van der Waals surface area (Å²) in [5.74, 6) is 0. The fourth-order valence-electron chi connectivity index (χ4n) is 8.08. The summed E-state index contributed by atoms with van der Waals surface area (Å²) in [5, 5.41) is 9.45. The van der Waals surface area contributed by atoms with E-state index in [1.807, 2.05) is 0 Å². The van der Waals surface area contributed by atoms with E-state index in [1.54, 1.807) is 0 Å². The zero-order chi connectivity index (χ0) is 33.7. The average molecular weight is 666 g/mol. The molecule has 0 nitrogen and oxygen atoms in total. The Balaban J connectivity index is 1.07. The molecule has 0 radical (unpaired) electrons. The van der Waals surface area contributed by atoms with Crippen LogP contribution in [0.5, 0.6) is 0 Å². The van der Waals surface area contributed by atoms with Crippen molar-refractivity contribution in [1.82, 2.24) is 0 Å². The number of rotatable bonds is 6. The van der Waals surface area contributed by atoms with Crippen LogP contribution in [-0.2, 0) is 0 Å². The fraction of sp³-hybridized carbons (Fsp3) is 0. The first kappa shape index (κ1) is 29.8. The number of benzene rings is 9. The Morgan fingerprint density at radius 3 is 1.39 bits per heavy atom. The average Bonchev–Trinajstić information content (AvgIpc) is 3.53. The first-order chi connectivity index (χ1) is 25.3. The summed E-state index contributed by atoms with van der Waals surface area (Å²) in [4.78, 5) is 0. The van der Waals surface area contributed by atoms with Crippen molar-refractivity contribution < 1.29 is 0 Å². The number of hydrogen-bond donors (Lipinski definition) is 0. The van der Waals surface area contributed by atoms with Crippen molar-refractivity contribution in [2.75, 3.05) is 0 Å². The summed E-state index contributed by atoms with van der Waals surface area (Å²) in [7, 11) is -1.32. The van der Waals surface area contributed by atoms with Crippen LogP contribution in [0, 0.1) is 0 Å². The second-order valence-corrected chi connectivity index (χ2v) is 16.0. The molecule has 1 aliphatic carbocycles. The van der Waals surface area contributed by atoms with Crippen LogP contribution in [0.3, 0.4) is 0 Å². The van der Waals surface area contributed by atoms with Crippen molar-refractivity contribution in [3.05, 3.63) is 200 Å². The molecular weight excluding hydrogens is 632 g/mol. The molecule has 0 aromatic heterocycles. The lowest BCUT2D eigenvalue weighted by Crippen LogP contribution is -2.21. The van der Waals surface area contributed by atoms with Crippen LogP contribution < -0.4 is 15.9 Å². The zero-order valence-electron chi connectivity index (χ0n) is 28.1. The van der Waals surface area contributed by atoms with Gasteiger partial charge in [-0.1, -0.05) is 152 Å². The Bertz CT molecular complexity index is 2640. The van der Waals surface area contributed by atoms with Crippen LogP contribution in [0.25, 0.3) is 77.2 Å². The Labute approximate surface area is 300 Å². The summed E-state index contributed by atoms with van der Waals surface area (Å²) in [5.41, 5.74) is 12.9. The molecule has 0 heterocycles. The topological polar surface area (TPSA) is 0 Å². The predicted molar refractivity (Wildman–Crippen MR) is 222 cm³/mol. The van der Waals surface area contributed by atoms with Crippen molar-refractivity contribution in [3.63, 3.8) is 0 Å². The van der Waals surface area contributed by atoms with Gasteiger partial charge in [0, 0.05) is 0 Å². The molecule has 0 bridgehead atoms. The van der Waals surface area contributed by atoms with Gasteiger partial charge in [0.2, 0.25) is 0 Å². The largest absolute Gasteiger partial charge is 0.103 e. The van der Waals surface area contributed by atoms with Crippen molar-refractivity contribution in [2.24, 2.45) is 0 Å². The second kappa shape index (κ2) is 12.4. The van der Waals surface area contributed by atoms with Crippen molar-refractivity contribution in [2.45, 2.75) is 0 Å². The van der Waals surface area contributed by atoms with E-state index >= 15 is 0 Å². The van der Waals surface area contributed by atoms with Crippen LogP contribution in [0.15, 0.2) is 200 Å². The first-order valence-corrected chi connectivity index (χ1v) is 19.2. The molecule has 9 aromatic rings. The molecule has 0 saturated carbocycles. The summed E-state index contributed by atoms with van der Waals surface area (Å²) < 4.78 is 0. The van der Waals surface area contributed by atoms with E-state index in [4.69, 9.17) is 0 Å². The molecule has 0 saturated heterocycles. The maximum Gasteiger partial charge on any atom is 0.103 e. The van der Waals surface area contributed by atoms with Gasteiger partial charge in [-0.25, -0.2) is 0 Å². The van der Waals surface area contributed by atoms with Gasteiger partial charge in [-0.2, -0.15) is 0 Å². The fourth-order valence-corrected chi connectivity index (χ4v) is 10.7. The minimum Gasteiger partial charge on any atom is -0.0622 e. The Morgan fingerprint density at radius 2 is 0.745 bits per heavy atom. The highest BCUT2D eigenvalue weighted by atomic mass is 31.1. The second-order valence-electron chi connectivity index (χ2n) is 13.5. The molecule has 1 aliphatic rings. The quantitative estimate of drug-likeness (QED) is 0.122. The van der Waals surface area contributed by atoms with E-state index < -0.39 is 7.92 Å². The molecule has 9 aromatic carbocycles. The summed E-state index contributed by atoms with van der Waals surface area (Å²) in [6, 6.07) is 74.3. The summed E-state index contributed by atoms with van der Waals surface area (Å²) in [6.07, 6.45) is 0. The van der Waals surface area contributed by atoms with Gasteiger partial charge in [-0.05, 0) is 126 Å². The lowest BCUT2D eigenvalue weighted by Gasteiger charge is -2.14. The highest BCUT2D eigenvalue weighted by Crippen LogP contribution is 2.49. The van der Waals surface area contributed by atoms with E-state index in [0.717, 1.165) is 0 Å². The van der Waals surface area contributed by atoms with E-state index in [2.05, 4.69) is 200 Å². The highest BCUT2D eigenvalue weighted by Gasteiger charge is 2.27. The predicted octanol–water partition coefficient (Wildman–Crippen LogP) is 12.1. The lowest BCUT2D eigenvalue weighted by molar-refractivity contribution is 1.63. The van der Waals surface area contributed by atoms with Gasteiger partial charge >= 0.3 is 0 Å². The van der Waals surface area contributed by atoms with Gasteiger partial charge in [0.15, 0.2) is 0 Å².